The number of sulfonamides is 1. The number of nitrogens with zero attached hydrogens (tertiary/aromatic N) is 3. The second kappa shape index (κ2) is 9.07. The molecule has 1 unspecified atom stereocenters. The summed E-state index contributed by atoms with van der Waals surface area (Å²) < 4.78 is 36.9. The molecule has 0 spiro atoms. The van der Waals surface area contributed by atoms with Crippen molar-refractivity contribution in [3.05, 3.63) is 41.5 Å². The molecular formula is C17H24N4O5S. The Morgan fingerprint density at radius 3 is 2.78 bits per heavy atom. The molecule has 1 heterocycles. The van der Waals surface area contributed by atoms with E-state index in [1.165, 1.54) is 25.2 Å². The molecule has 10 heteroatoms. The normalized spacial score (nSPS) is 12.9. The Balaban J connectivity index is 2.11. The van der Waals surface area contributed by atoms with E-state index >= 15 is 0 Å². The van der Waals surface area contributed by atoms with Gasteiger partial charge in [-0.25, -0.2) is 8.42 Å². The summed E-state index contributed by atoms with van der Waals surface area (Å²) in [6, 6.07) is 5.86. The zero-order chi connectivity index (χ0) is 20.0. The highest BCUT2D eigenvalue weighted by atomic mass is 32.2. The van der Waals surface area contributed by atoms with Crippen molar-refractivity contribution in [2.24, 2.45) is 0 Å². The summed E-state index contributed by atoms with van der Waals surface area (Å²) in [6.07, 6.45) is -0.130. The van der Waals surface area contributed by atoms with Crippen LogP contribution in [0.5, 0.6) is 0 Å². The number of hydrogen-bond acceptors (Lipinski definition) is 7. The van der Waals surface area contributed by atoms with Gasteiger partial charge in [0.15, 0.2) is 5.82 Å². The Morgan fingerprint density at radius 2 is 2.15 bits per heavy atom. The monoisotopic (exact) mass is 396 g/mol. The van der Waals surface area contributed by atoms with Gasteiger partial charge in [0.1, 0.15) is 0 Å². The third kappa shape index (κ3) is 5.59. The van der Waals surface area contributed by atoms with Crippen LogP contribution in [0, 0.1) is 6.92 Å². The number of nitrogens with one attached hydrogen (secondary N) is 1. The molecule has 2 aromatic rings. The zero-order valence-corrected chi connectivity index (χ0v) is 16.6. The lowest BCUT2D eigenvalue weighted by molar-refractivity contribution is 0.0695. The number of hydrogen-bond donors (Lipinski definition) is 1. The molecule has 0 radical (unpaired) electrons. The third-order valence-corrected chi connectivity index (χ3v) is 5.53. The molecule has 1 amide bonds. The molecule has 1 atom stereocenters. The second-order valence-electron chi connectivity index (χ2n) is 6.00. The quantitative estimate of drug-likeness (QED) is 0.680. The van der Waals surface area contributed by atoms with Gasteiger partial charge >= 0.3 is 0 Å². The van der Waals surface area contributed by atoms with E-state index in [2.05, 4.69) is 15.5 Å². The highest BCUT2D eigenvalue weighted by Crippen LogP contribution is 2.18. The van der Waals surface area contributed by atoms with Crippen molar-refractivity contribution in [3.63, 3.8) is 0 Å². The first-order valence-electron chi connectivity index (χ1n) is 8.49. The molecule has 0 aliphatic heterocycles. The molecule has 9 nitrogen and oxygen atoms in total. The fourth-order valence-electron chi connectivity index (χ4n) is 2.34. The fraction of sp³-hybridized carbons (Fsp3) is 0.471. The molecule has 1 aromatic carbocycles. The minimum Gasteiger partial charge on any atom is -0.377 e. The van der Waals surface area contributed by atoms with E-state index in [0.717, 1.165) is 4.31 Å². The first kappa shape index (κ1) is 21.0. The van der Waals surface area contributed by atoms with Gasteiger partial charge in [-0.1, -0.05) is 11.2 Å². The third-order valence-electron chi connectivity index (χ3n) is 3.73. The molecule has 148 valence electrons. The van der Waals surface area contributed by atoms with Crippen molar-refractivity contribution in [2.75, 3.05) is 20.2 Å². The van der Waals surface area contributed by atoms with Gasteiger partial charge in [-0.3, -0.25) is 4.79 Å². The number of benzene rings is 1. The number of amides is 1. The Morgan fingerprint density at radius 1 is 1.41 bits per heavy atom. The summed E-state index contributed by atoms with van der Waals surface area (Å²) in [4.78, 5) is 16.3. The first-order valence-corrected chi connectivity index (χ1v) is 9.93. The van der Waals surface area contributed by atoms with Crippen LogP contribution in [0.1, 0.15) is 35.9 Å². The zero-order valence-electron chi connectivity index (χ0n) is 15.8. The highest BCUT2D eigenvalue weighted by molar-refractivity contribution is 7.89. The maximum Gasteiger partial charge on any atom is 0.251 e. The van der Waals surface area contributed by atoms with Crippen LogP contribution in [0.3, 0.4) is 0 Å². The number of aryl methyl sites for hydroxylation is 1. The number of rotatable bonds is 9. The van der Waals surface area contributed by atoms with E-state index in [-0.39, 0.29) is 34.9 Å². The van der Waals surface area contributed by atoms with Crippen LogP contribution in [0.4, 0.5) is 0 Å². The molecule has 0 saturated carbocycles. The van der Waals surface area contributed by atoms with Gasteiger partial charge in [0.25, 0.3) is 5.91 Å². The molecule has 0 aliphatic carbocycles. The summed E-state index contributed by atoms with van der Waals surface area (Å²) in [6.45, 7) is 6.19. The van der Waals surface area contributed by atoms with E-state index < -0.39 is 10.0 Å². The topological polar surface area (TPSA) is 115 Å². The van der Waals surface area contributed by atoms with Crippen LogP contribution in [-0.2, 0) is 21.3 Å². The molecule has 1 aromatic heterocycles. The van der Waals surface area contributed by atoms with Gasteiger partial charge in [0, 0.05) is 25.8 Å². The largest absolute Gasteiger partial charge is 0.377 e. The van der Waals surface area contributed by atoms with Crippen molar-refractivity contribution in [1.82, 2.24) is 19.8 Å². The van der Waals surface area contributed by atoms with E-state index in [0.29, 0.717) is 19.0 Å². The lowest BCUT2D eigenvalue weighted by atomic mass is 10.2. The highest BCUT2D eigenvalue weighted by Gasteiger charge is 2.24. The number of carbonyl (C=O) groups excluding carboxylic acids is 1. The summed E-state index contributed by atoms with van der Waals surface area (Å²) in [5.74, 6) is 0.252. The Bertz CT molecular complexity index is 881. The summed E-state index contributed by atoms with van der Waals surface area (Å²) in [5, 5.41) is 6.37. The number of carbonyl (C=O) groups is 1. The van der Waals surface area contributed by atoms with Gasteiger partial charge in [0.05, 0.1) is 17.5 Å². The average Bonchev–Trinajstić information content (AvgIpc) is 3.04. The van der Waals surface area contributed by atoms with Crippen molar-refractivity contribution >= 4 is 15.9 Å². The predicted molar refractivity (Wildman–Crippen MR) is 97.6 cm³/mol. The molecule has 0 bridgehead atoms. The summed E-state index contributed by atoms with van der Waals surface area (Å²) in [5.41, 5.74) is 0.252. The van der Waals surface area contributed by atoms with Crippen LogP contribution in [0.15, 0.2) is 33.7 Å². The van der Waals surface area contributed by atoms with E-state index in [1.54, 1.807) is 13.0 Å². The molecule has 27 heavy (non-hydrogen) atoms. The molecule has 1 N–H and O–H groups in total. The smallest absolute Gasteiger partial charge is 0.251 e. The van der Waals surface area contributed by atoms with Crippen molar-refractivity contribution in [1.29, 1.82) is 0 Å². The van der Waals surface area contributed by atoms with Gasteiger partial charge in [-0.15, -0.1) is 0 Å². The van der Waals surface area contributed by atoms with Crippen molar-refractivity contribution in [2.45, 2.75) is 38.3 Å². The molecule has 0 fully saturated rings. The molecule has 0 saturated heterocycles. The first-order chi connectivity index (χ1) is 12.7. The number of aromatic nitrogens is 2. The molecular weight excluding hydrogens is 372 g/mol. The van der Waals surface area contributed by atoms with Crippen molar-refractivity contribution in [3.8, 4) is 0 Å². The second-order valence-corrected chi connectivity index (χ2v) is 8.05. The van der Waals surface area contributed by atoms with Crippen LogP contribution < -0.4 is 5.32 Å². The minimum atomic E-state index is -3.82. The van der Waals surface area contributed by atoms with E-state index in [9.17, 15) is 13.2 Å². The van der Waals surface area contributed by atoms with Crippen molar-refractivity contribution < 1.29 is 22.5 Å². The summed E-state index contributed by atoms with van der Waals surface area (Å²) in [7, 11) is -2.41. The SMILES string of the molecule is CCOC(C)CNC(=O)c1cccc(S(=O)(=O)N(C)Cc2nc(C)no2)c1. The fourth-order valence-corrected chi connectivity index (χ4v) is 3.51. The van der Waals surface area contributed by atoms with Crippen LogP contribution in [0.25, 0.3) is 0 Å². The van der Waals surface area contributed by atoms with Gasteiger partial charge < -0.3 is 14.6 Å². The number of ether oxygens (including phenoxy) is 1. The van der Waals surface area contributed by atoms with Gasteiger partial charge in [0.2, 0.25) is 15.9 Å². The maximum absolute atomic E-state index is 12.8. The Kier molecular flexibility index (Phi) is 7.05. The predicted octanol–water partition coefficient (Wildman–Crippen LogP) is 1.35. The molecule has 0 aliphatic rings. The Labute approximate surface area is 158 Å². The lowest BCUT2D eigenvalue weighted by Crippen LogP contribution is -2.32. The summed E-state index contributed by atoms with van der Waals surface area (Å²) >= 11 is 0. The molecule has 2 rings (SSSR count). The minimum absolute atomic E-state index is 0.00624. The van der Waals surface area contributed by atoms with Crippen LogP contribution >= 0.6 is 0 Å². The standard InChI is InChI=1S/C17H24N4O5S/c1-5-25-12(2)10-18-17(22)14-7-6-8-15(9-14)27(23,24)21(4)11-16-19-13(3)20-26-16/h6-9,12H,5,10-11H2,1-4H3,(H,18,22). The average molecular weight is 396 g/mol. The van der Waals surface area contributed by atoms with Gasteiger partial charge in [-0.2, -0.15) is 9.29 Å². The lowest BCUT2D eigenvalue weighted by Gasteiger charge is -2.16. The maximum atomic E-state index is 12.8. The Hall–Kier alpha value is -2.30. The van der Waals surface area contributed by atoms with Crippen LogP contribution in [0.2, 0.25) is 0 Å². The van der Waals surface area contributed by atoms with Gasteiger partial charge in [-0.05, 0) is 39.0 Å². The van der Waals surface area contributed by atoms with E-state index in [4.69, 9.17) is 9.26 Å². The van der Waals surface area contributed by atoms with E-state index in [1.807, 2.05) is 13.8 Å². The van der Waals surface area contributed by atoms with Crippen LogP contribution in [-0.4, -0.2) is 55.1 Å².